The molecule has 0 radical (unpaired) electrons. The molecule has 106 valence electrons. The van der Waals surface area contributed by atoms with Crippen molar-refractivity contribution in [1.29, 1.82) is 0 Å². The smallest absolute Gasteiger partial charge is 0.410 e. The number of nitrogens with zero attached hydrogens (tertiary/aromatic N) is 1. The predicted molar refractivity (Wildman–Crippen MR) is 58.0 cm³/mol. The highest BCUT2D eigenvalue weighted by atomic mass is 19.4. The molecule has 4 nitrogen and oxygen atoms in total. The Bertz CT molecular complexity index is 312. The van der Waals surface area contributed by atoms with E-state index in [0.717, 1.165) is 4.90 Å². The quantitative estimate of drug-likeness (QED) is 0.733. The van der Waals surface area contributed by atoms with E-state index >= 15 is 0 Å². The highest BCUT2D eigenvalue weighted by Crippen LogP contribution is 2.33. The molecule has 1 heterocycles. The van der Waals surface area contributed by atoms with Crippen LogP contribution in [0.5, 0.6) is 0 Å². The first-order chi connectivity index (χ1) is 7.99. The van der Waals surface area contributed by atoms with E-state index in [4.69, 9.17) is 4.74 Å². The molecule has 7 heteroatoms. The Labute approximate surface area is 104 Å². The molecule has 18 heavy (non-hydrogen) atoms. The highest BCUT2D eigenvalue weighted by Gasteiger charge is 2.45. The van der Waals surface area contributed by atoms with E-state index in [0.29, 0.717) is 0 Å². The lowest BCUT2D eigenvalue weighted by atomic mass is 9.96. The number of amides is 1. The molecular weight excluding hydrogens is 251 g/mol. The number of likely N-dealkylation sites (tertiary alicyclic amines) is 1. The van der Waals surface area contributed by atoms with Crippen molar-refractivity contribution in [1.82, 2.24) is 4.90 Å². The van der Waals surface area contributed by atoms with Crippen molar-refractivity contribution < 1.29 is 27.8 Å². The molecule has 1 aliphatic heterocycles. The zero-order chi connectivity index (χ0) is 14.1. The van der Waals surface area contributed by atoms with Crippen LogP contribution in [-0.2, 0) is 4.74 Å². The lowest BCUT2D eigenvalue weighted by molar-refractivity contribution is -0.194. The van der Waals surface area contributed by atoms with Gasteiger partial charge in [-0.15, -0.1) is 0 Å². The normalized spacial score (nSPS) is 26.1. The van der Waals surface area contributed by atoms with Gasteiger partial charge >= 0.3 is 12.3 Å². The molecule has 1 fully saturated rings. The average molecular weight is 269 g/mol. The van der Waals surface area contributed by atoms with Gasteiger partial charge in [0.05, 0.1) is 12.0 Å². The number of rotatable bonds is 0. The summed E-state index contributed by atoms with van der Waals surface area (Å²) in [7, 11) is 0. The molecule has 0 aliphatic carbocycles. The van der Waals surface area contributed by atoms with Crippen LogP contribution in [0, 0.1) is 5.92 Å². The Morgan fingerprint density at radius 1 is 1.28 bits per heavy atom. The van der Waals surface area contributed by atoms with Gasteiger partial charge in [0, 0.05) is 13.1 Å². The summed E-state index contributed by atoms with van der Waals surface area (Å²) in [6.07, 6.45) is -6.78. The summed E-state index contributed by atoms with van der Waals surface area (Å²) >= 11 is 0. The predicted octanol–water partition coefficient (Wildman–Crippen LogP) is 2.17. The molecular formula is C11H18F3NO3. The lowest BCUT2D eigenvalue weighted by Crippen LogP contribution is -2.51. The average Bonchev–Trinajstić information content (AvgIpc) is 2.12. The van der Waals surface area contributed by atoms with Crippen molar-refractivity contribution in [2.45, 2.75) is 45.1 Å². The first-order valence-electron chi connectivity index (χ1n) is 5.72. The van der Waals surface area contributed by atoms with E-state index in [9.17, 15) is 23.1 Å². The zero-order valence-corrected chi connectivity index (χ0v) is 10.6. The van der Waals surface area contributed by atoms with Crippen LogP contribution in [0.25, 0.3) is 0 Å². The number of carbonyl (C=O) groups excluding carboxylic acids is 1. The summed E-state index contributed by atoms with van der Waals surface area (Å²) in [4.78, 5) is 12.6. The Hall–Kier alpha value is -0.980. The Morgan fingerprint density at radius 3 is 2.28 bits per heavy atom. The topological polar surface area (TPSA) is 49.8 Å². The number of alkyl halides is 3. The second kappa shape index (κ2) is 4.95. The van der Waals surface area contributed by atoms with Crippen molar-refractivity contribution in [3.05, 3.63) is 0 Å². The number of hydrogen-bond donors (Lipinski definition) is 1. The number of piperidine rings is 1. The number of ether oxygens (including phenoxy) is 1. The SMILES string of the molecule is CC(C)(C)OC(=O)N1C[C@H](O)C[C@@H](C(F)(F)F)C1. The maximum absolute atomic E-state index is 12.6. The molecule has 1 aliphatic rings. The van der Waals surface area contributed by atoms with Crippen LogP contribution in [0.2, 0.25) is 0 Å². The molecule has 0 aromatic heterocycles. The fourth-order valence-corrected chi connectivity index (χ4v) is 1.79. The minimum absolute atomic E-state index is 0.124. The highest BCUT2D eigenvalue weighted by molar-refractivity contribution is 5.68. The summed E-state index contributed by atoms with van der Waals surface area (Å²) < 4.78 is 42.8. The van der Waals surface area contributed by atoms with Gasteiger partial charge in [0.1, 0.15) is 5.60 Å². The number of carbonyl (C=O) groups is 1. The zero-order valence-electron chi connectivity index (χ0n) is 10.6. The van der Waals surface area contributed by atoms with Gasteiger partial charge < -0.3 is 14.7 Å². The molecule has 0 aromatic rings. The summed E-state index contributed by atoms with van der Waals surface area (Å²) in [6.45, 7) is 4.31. The molecule has 1 rings (SSSR count). The Kier molecular flexibility index (Phi) is 4.15. The number of hydrogen-bond acceptors (Lipinski definition) is 3. The Morgan fingerprint density at radius 2 is 1.83 bits per heavy atom. The Balaban J connectivity index is 2.69. The fourth-order valence-electron chi connectivity index (χ4n) is 1.79. The molecule has 0 bridgehead atoms. The number of halogens is 3. The van der Waals surface area contributed by atoms with Gasteiger partial charge in [-0.3, -0.25) is 0 Å². The number of aliphatic hydroxyl groups is 1. The second-order valence-electron chi connectivity index (χ2n) is 5.51. The van der Waals surface area contributed by atoms with E-state index in [1.165, 1.54) is 0 Å². The maximum atomic E-state index is 12.6. The van der Waals surface area contributed by atoms with Crippen LogP contribution in [-0.4, -0.2) is 47.1 Å². The second-order valence-corrected chi connectivity index (χ2v) is 5.51. The van der Waals surface area contributed by atoms with Crippen LogP contribution < -0.4 is 0 Å². The van der Waals surface area contributed by atoms with E-state index in [-0.39, 0.29) is 13.0 Å². The van der Waals surface area contributed by atoms with Crippen molar-refractivity contribution in [3.8, 4) is 0 Å². The molecule has 0 unspecified atom stereocenters. The van der Waals surface area contributed by atoms with Crippen LogP contribution in [0.3, 0.4) is 0 Å². The number of aliphatic hydroxyl groups excluding tert-OH is 1. The van der Waals surface area contributed by atoms with E-state index in [2.05, 4.69) is 0 Å². The molecule has 1 amide bonds. The molecule has 1 N–H and O–H groups in total. The first kappa shape index (κ1) is 15.1. The minimum Gasteiger partial charge on any atom is -0.444 e. The molecule has 0 spiro atoms. The standard InChI is InChI=1S/C11H18F3NO3/c1-10(2,3)18-9(17)15-5-7(11(12,13)14)4-8(16)6-15/h7-8,16H,4-6H2,1-3H3/t7-,8-/m1/s1. The van der Waals surface area contributed by atoms with Crippen LogP contribution in [0.1, 0.15) is 27.2 Å². The van der Waals surface area contributed by atoms with Crippen LogP contribution >= 0.6 is 0 Å². The van der Waals surface area contributed by atoms with Crippen molar-refractivity contribution >= 4 is 6.09 Å². The summed E-state index contributed by atoms with van der Waals surface area (Å²) in [5, 5.41) is 9.41. The van der Waals surface area contributed by atoms with Gasteiger partial charge in [-0.05, 0) is 27.2 Å². The minimum atomic E-state index is -4.42. The summed E-state index contributed by atoms with van der Waals surface area (Å²) in [5.41, 5.74) is -0.771. The van der Waals surface area contributed by atoms with Gasteiger partial charge in [-0.1, -0.05) is 0 Å². The van der Waals surface area contributed by atoms with Crippen molar-refractivity contribution in [2.24, 2.45) is 5.92 Å². The first-order valence-corrected chi connectivity index (χ1v) is 5.72. The maximum Gasteiger partial charge on any atom is 0.410 e. The third kappa shape index (κ3) is 4.36. The van der Waals surface area contributed by atoms with Crippen molar-refractivity contribution in [3.63, 3.8) is 0 Å². The molecule has 2 atom stereocenters. The van der Waals surface area contributed by atoms with Crippen LogP contribution in [0.15, 0.2) is 0 Å². The largest absolute Gasteiger partial charge is 0.444 e. The van der Waals surface area contributed by atoms with Gasteiger partial charge in [0.2, 0.25) is 0 Å². The van der Waals surface area contributed by atoms with E-state index < -0.39 is 36.4 Å². The fraction of sp³-hybridized carbons (Fsp3) is 0.909. The van der Waals surface area contributed by atoms with Gasteiger partial charge in [-0.25, -0.2) is 4.79 Å². The summed E-state index contributed by atoms with van der Waals surface area (Å²) in [5.74, 6) is -1.70. The van der Waals surface area contributed by atoms with Crippen LogP contribution in [0.4, 0.5) is 18.0 Å². The monoisotopic (exact) mass is 269 g/mol. The van der Waals surface area contributed by atoms with Gasteiger partial charge in [-0.2, -0.15) is 13.2 Å². The van der Waals surface area contributed by atoms with E-state index in [1.54, 1.807) is 20.8 Å². The molecule has 1 saturated heterocycles. The lowest BCUT2D eigenvalue weighted by Gasteiger charge is -2.37. The molecule has 0 saturated carbocycles. The summed E-state index contributed by atoms with van der Waals surface area (Å²) in [6, 6.07) is 0. The van der Waals surface area contributed by atoms with Crippen molar-refractivity contribution in [2.75, 3.05) is 13.1 Å². The third-order valence-electron chi connectivity index (χ3n) is 2.54. The van der Waals surface area contributed by atoms with Gasteiger partial charge in [0.15, 0.2) is 0 Å². The molecule has 0 aromatic carbocycles. The number of β-amino-alcohol motifs (C(OH)–C–C–N with tert-alkyl or cyclic N) is 1. The van der Waals surface area contributed by atoms with E-state index in [1.807, 2.05) is 0 Å². The third-order valence-corrected chi connectivity index (χ3v) is 2.54. The van der Waals surface area contributed by atoms with Gasteiger partial charge in [0.25, 0.3) is 0 Å².